The van der Waals surface area contributed by atoms with E-state index in [-0.39, 0.29) is 29.3 Å². The molecule has 6 heteroatoms. The molecule has 2 aliphatic rings. The predicted molar refractivity (Wildman–Crippen MR) is 116 cm³/mol. The number of esters is 1. The van der Waals surface area contributed by atoms with Gasteiger partial charge in [-0.1, -0.05) is 31.4 Å². The first kappa shape index (κ1) is 22.7. The van der Waals surface area contributed by atoms with Crippen LogP contribution in [0.2, 0.25) is 0 Å². The number of carbonyl (C=O) groups excluding carboxylic acids is 1. The molecule has 0 N–H and O–H groups in total. The SMILES string of the molecule is COc1ccc(C(=O)OC2CCC(c3ccc(C4CCCCC4)c(F)c3F)CC2)cc1F. The van der Waals surface area contributed by atoms with Crippen LogP contribution in [-0.2, 0) is 4.74 Å². The number of carbonyl (C=O) groups is 1. The van der Waals surface area contributed by atoms with Gasteiger partial charge in [-0.2, -0.15) is 0 Å². The summed E-state index contributed by atoms with van der Waals surface area (Å²) in [6, 6.07) is 7.46. The Morgan fingerprint density at radius 1 is 0.812 bits per heavy atom. The minimum Gasteiger partial charge on any atom is -0.494 e. The zero-order chi connectivity index (χ0) is 22.7. The van der Waals surface area contributed by atoms with Crippen molar-refractivity contribution < 1.29 is 27.4 Å². The second kappa shape index (κ2) is 9.97. The van der Waals surface area contributed by atoms with Crippen molar-refractivity contribution in [2.75, 3.05) is 7.11 Å². The van der Waals surface area contributed by atoms with E-state index < -0.39 is 23.4 Å². The largest absolute Gasteiger partial charge is 0.494 e. The lowest BCUT2D eigenvalue weighted by atomic mass is 9.80. The summed E-state index contributed by atoms with van der Waals surface area (Å²) in [5.41, 5.74) is 1.06. The summed E-state index contributed by atoms with van der Waals surface area (Å²) >= 11 is 0. The molecule has 0 bridgehead atoms. The molecule has 2 aliphatic carbocycles. The van der Waals surface area contributed by atoms with E-state index in [0.29, 0.717) is 36.8 Å². The van der Waals surface area contributed by atoms with Gasteiger partial charge in [0.25, 0.3) is 0 Å². The second-order valence-corrected chi connectivity index (χ2v) is 8.94. The first-order chi connectivity index (χ1) is 15.5. The van der Waals surface area contributed by atoms with Gasteiger partial charge < -0.3 is 9.47 Å². The van der Waals surface area contributed by atoms with Gasteiger partial charge in [0.05, 0.1) is 12.7 Å². The van der Waals surface area contributed by atoms with Crippen LogP contribution in [0.15, 0.2) is 30.3 Å². The molecule has 0 aliphatic heterocycles. The van der Waals surface area contributed by atoms with Crippen LogP contribution >= 0.6 is 0 Å². The van der Waals surface area contributed by atoms with Crippen LogP contribution in [0.25, 0.3) is 0 Å². The van der Waals surface area contributed by atoms with Crippen LogP contribution in [-0.4, -0.2) is 19.2 Å². The summed E-state index contributed by atoms with van der Waals surface area (Å²) in [5.74, 6) is -2.55. The van der Waals surface area contributed by atoms with Gasteiger partial charge in [0, 0.05) is 0 Å². The quantitative estimate of drug-likeness (QED) is 0.462. The van der Waals surface area contributed by atoms with Gasteiger partial charge >= 0.3 is 5.97 Å². The summed E-state index contributed by atoms with van der Waals surface area (Å²) in [5, 5.41) is 0. The molecule has 0 spiro atoms. The Labute approximate surface area is 186 Å². The van der Waals surface area contributed by atoms with Crippen molar-refractivity contribution in [3.8, 4) is 5.75 Å². The van der Waals surface area contributed by atoms with Gasteiger partial charge in [0.1, 0.15) is 6.10 Å². The van der Waals surface area contributed by atoms with Crippen molar-refractivity contribution in [2.24, 2.45) is 0 Å². The number of rotatable bonds is 5. The normalized spacial score (nSPS) is 21.9. The lowest BCUT2D eigenvalue weighted by Crippen LogP contribution is -2.24. The maximum Gasteiger partial charge on any atom is 0.338 e. The van der Waals surface area contributed by atoms with Crippen LogP contribution in [0.1, 0.15) is 91.1 Å². The topological polar surface area (TPSA) is 35.5 Å². The standard InChI is InChI=1S/C26H29F3O3/c1-31-23-14-9-18(15-22(23)27)26(30)32-19-10-7-17(8-11-19)21-13-12-20(24(28)25(21)29)16-5-3-2-4-6-16/h9,12-17,19H,2-8,10-11H2,1H3. The monoisotopic (exact) mass is 446 g/mol. The molecule has 0 radical (unpaired) electrons. The van der Waals surface area contributed by atoms with Crippen LogP contribution in [0.5, 0.6) is 5.75 Å². The van der Waals surface area contributed by atoms with Crippen molar-refractivity contribution in [1.29, 1.82) is 0 Å². The van der Waals surface area contributed by atoms with Gasteiger partial charge in [-0.05, 0) is 79.7 Å². The maximum absolute atomic E-state index is 14.9. The van der Waals surface area contributed by atoms with E-state index >= 15 is 0 Å². The van der Waals surface area contributed by atoms with Crippen molar-refractivity contribution >= 4 is 5.97 Å². The third kappa shape index (κ3) is 4.79. The number of ether oxygens (including phenoxy) is 2. The van der Waals surface area contributed by atoms with E-state index in [2.05, 4.69) is 0 Å². The van der Waals surface area contributed by atoms with Crippen molar-refractivity contribution in [3.63, 3.8) is 0 Å². The molecule has 32 heavy (non-hydrogen) atoms. The molecule has 3 nitrogen and oxygen atoms in total. The van der Waals surface area contributed by atoms with E-state index in [1.807, 2.05) is 0 Å². The zero-order valence-corrected chi connectivity index (χ0v) is 18.3. The van der Waals surface area contributed by atoms with E-state index in [9.17, 15) is 18.0 Å². The highest BCUT2D eigenvalue weighted by Crippen LogP contribution is 2.39. The third-order valence-electron chi connectivity index (χ3n) is 6.96. The van der Waals surface area contributed by atoms with Crippen molar-refractivity contribution in [2.45, 2.75) is 75.7 Å². The fourth-order valence-corrected chi connectivity index (χ4v) is 5.13. The zero-order valence-electron chi connectivity index (χ0n) is 18.3. The summed E-state index contributed by atoms with van der Waals surface area (Å²) in [6.07, 6.45) is 7.15. The molecular formula is C26H29F3O3. The summed E-state index contributed by atoms with van der Waals surface area (Å²) in [7, 11) is 1.35. The molecule has 0 atom stereocenters. The molecular weight excluding hydrogens is 417 g/mol. The molecule has 0 saturated heterocycles. The molecule has 172 valence electrons. The number of methoxy groups -OCH3 is 1. The molecule has 2 fully saturated rings. The molecule has 0 heterocycles. The van der Waals surface area contributed by atoms with Crippen molar-refractivity contribution in [1.82, 2.24) is 0 Å². The fraction of sp³-hybridized carbons (Fsp3) is 0.500. The molecule has 2 aromatic carbocycles. The average molecular weight is 447 g/mol. The Balaban J connectivity index is 1.36. The minimum atomic E-state index is -0.720. The summed E-state index contributed by atoms with van der Waals surface area (Å²) in [4.78, 5) is 12.4. The Bertz CT molecular complexity index is 961. The third-order valence-corrected chi connectivity index (χ3v) is 6.96. The number of halogens is 3. The average Bonchev–Trinajstić information content (AvgIpc) is 2.82. The van der Waals surface area contributed by atoms with Crippen LogP contribution in [0.4, 0.5) is 13.2 Å². The van der Waals surface area contributed by atoms with E-state index in [0.717, 1.165) is 31.7 Å². The lowest BCUT2D eigenvalue weighted by Gasteiger charge is -2.29. The number of hydrogen-bond acceptors (Lipinski definition) is 3. The number of benzene rings is 2. The van der Waals surface area contributed by atoms with E-state index in [4.69, 9.17) is 9.47 Å². The maximum atomic E-state index is 14.9. The first-order valence-corrected chi connectivity index (χ1v) is 11.5. The summed E-state index contributed by atoms with van der Waals surface area (Å²) in [6.45, 7) is 0. The van der Waals surface area contributed by atoms with Crippen molar-refractivity contribution in [3.05, 3.63) is 64.5 Å². The Hall–Kier alpha value is -2.50. The Morgan fingerprint density at radius 2 is 1.41 bits per heavy atom. The van der Waals surface area contributed by atoms with E-state index in [1.165, 1.54) is 25.7 Å². The number of hydrogen-bond donors (Lipinski definition) is 0. The lowest BCUT2D eigenvalue weighted by molar-refractivity contribution is 0.0193. The van der Waals surface area contributed by atoms with Gasteiger partial charge in [-0.15, -0.1) is 0 Å². The first-order valence-electron chi connectivity index (χ1n) is 11.5. The molecule has 0 aromatic heterocycles. The molecule has 0 amide bonds. The minimum absolute atomic E-state index is 0.0609. The highest BCUT2D eigenvalue weighted by molar-refractivity contribution is 5.89. The molecule has 4 rings (SSSR count). The van der Waals surface area contributed by atoms with Gasteiger partial charge in [0.15, 0.2) is 23.2 Å². The Kier molecular flexibility index (Phi) is 7.07. The fourth-order valence-electron chi connectivity index (χ4n) is 5.13. The smallest absolute Gasteiger partial charge is 0.338 e. The van der Waals surface area contributed by atoms with Crippen LogP contribution in [0.3, 0.4) is 0 Å². The highest BCUT2D eigenvalue weighted by atomic mass is 19.2. The second-order valence-electron chi connectivity index (χ2n) is 8.94. The summed E-state index contributed by atoms with van der Waals surface area (Å²) < 4.78 is 54.0. The predicted octanol–water partition coefficient (Wildman–Crippen LogP) is 7.04. The molecule has 0 unspecified atom stereocenters. The van der Waals surface area contributed by atoms with Crippen LogP contribution in [0, 0.1) is 17.5 Å². The highest BCUT2D eigenvalue weighted by Gasteiger charge is 2.30. The molecule has 2 saturated carbocycles. The van der Waals surface area contributed by atoms with E-state index in [1.54, 1.807) is 12.1 Å². The van der Waals surface area contributed by atoms with Gasteiger partial charge in [-0.25, -0.2) is 18.0 Å². The van der Waals surface area contributed by atoms with Gasteiger partial charge in [-0.3, -0.25) is 0 Å². The van der Waals surface area contributed by atoms with Crippen LogP contribution < -0.4 is 4.74 Å². The van der Waals surface area contributed by atoms with Gasteiger partial charge in [0.2, 0.25) is 0 Å². The Morgan fingerprint density at radius 3 is 1.97 bits per heavy atom. The molecule has 2 aromatic rings.